The summed E-state index contributed by atoms with van der Waals surface area (Å²) in [5.41, 5.74) is 1.97. The van der Waals surface area contributed by atoms with Gasteiger partial charge in [-0.3, -0.25) is 9.52 Å². The van der Waals surface area contributed by atoms with Crippen LogP contribution in [-0.2, 0) is 32.5 Å². The van der Waals surface area contributed by atoms with E-state index < -0.39 is 16.0 Å². The molecule has 0 saturated heterocycles. The summed E-state index contributed by atoms with van der Waals surface area (Å²) in [6.07, 6.45) is 1.80. The number of para-hydroxylation sites is 1. The Kier molecular flexibility index (Phi) is 7.06. The highest BCUT2D eigenvalue weighted by Gasteiger charge is 2.35. The number of ether oxygens (including phenoxy) is 1. The summed E-state index contributed by atoms with van der Waals surface area (Å²) in [5, 5.41) is 0. The number of carbonyl (C=O) groups excluding carboxylic acids is 2. The Bertz CT molecular complexity index is 1090. The fourth-order valence-electron chi connectivity index (χ4n) is 3.54. The highest BCUT2D eigenvalue weighted by atomic mass is 32.2. The van der Waals surface area contributed by atoms with Crippen LogP contribution in [0.25, 0.3) is 0 Å². The van der Waals surface area contributed by atoms with Crippen LogP contribution >= 0.6 is 11.3 Å². The first-order chi connectivity index (χ1) is 14.7. The maximum absolute atomic E-state index is 13.2. The molecule has 7 nitrogen and oxygen atoms in total. The zero-order chi connectivity index (χ0) is 22.8. The third kappa shape index (κ3) is 4.93. The van der Waals surface area contributed by atoms with Crippen molar-refractivity contribution in [3.63, 3.8) is 0 Å². The van der Waals surface area contributed by atoms with Crippen molar-refractivity contribution in [3.8, 4) is 0 Å². The van der Waals surface area contributed by atoms with Gasteiger partial charge in [0, 0.05) is 17.8 Å². The number of amides is 1. The van der Waals surface area contributed by atoms with Crippen molar-refractivity contribution in [1.29, 1.82) is 0 Å². The number of thiophene rings is 1. The van der Waals surface area contributed by atoms with E-state index >= 15 is 0 Å². The first-order valence-corrected chi connectivity index (χ1v) is 12.6. The van der Waals surface area contributed by atoms with Crippen LogP contribution in [0.4, 0.5) is 5.69 Å². The molecule has 1 aromatic heterocycles. The second kappa shape index (κ2) is 9.40. The molecular weight excluding hydrogens is 436 g/mol. The number of fused-ring (bicyclic) bond motifs is 1. The average Bonchev–Trinajstić information content (AvgIpc) is 3.14. The van der Waals surface area contributed by atoms with Crippen LogP contribution in [0, 0.1) is 12.8 Å². The van der Waals surface area contributed by atoms with Gasteiger partial charge in [0.15, 0.2) is 4.21 Å². The number of methoxy groups -OCH3 is 1. The van der Waals surface area contributed by atoms with Crippen molar-refractivity contribution in [2.45, 2.75) is 50.8 Å². The third-order valence-corrected chi connectivity index (χ3v) is 8.72. The summed E-state index contributed by atoms with van der Waals surface area (Å²) in [4.78, 5) is 27.7. The molecular formula is C22H28N2O5S2. The van der Waals surface area contributed by atoms with Crippen LogP contribution in [0.2, 0.25) is 0 Å². The monoisotopic (exact) mass is 464 g/mol. The highest BCUT2D eigenvalue weighted by Crippen LogP contribution is 2.38. The SMILES string of the molecule is CC[C@@H](C)CC(=O)N1CCc2c(sc(S(=O)(=O)Nc3ccccc3C)c2C(=O)OC)C1. The van der Waals surface area contributed by atoms with E-state index in [0.717, 1.165) is 23.3 Å². The summed E-state index contributed by atoms with van der Waals surface area (Å²) < 4.78 is 33.9. The molecule has 1 aromatic carbocycles. The maximum Gasteiger partial charge on any atom is 0.340 e. The van der Waals surface area contributed by atoms with Gasteiger partial charge in [-0.05, 0) is 36.5 Å². The van der Waals surface area contributed by atoms with Gasteiger partial charge in [-0.2, -0.15) is 0 Å². The molecule has 1 atom stereocenters. The lowest BCUT2D eigenvalue weighted by Gasteiger charge is -2.28. The second-order valence-corrected chi connectivity index (χ2v) is 10.8. The summed E-state index contributed by atoms with van der Waals surface area (Å²) >= 11 is 1.04. The number of nitrogens with one attached hydrogen (secondary N) is 1. The number of rotatable bonds is 7. The summed E-state index contributed by atoms with van der Waals surface area (Å²) in [6.45, 7) is 6.65. The predicted molar refractivity (Wildman–Crippen MR) is 121 cm³/mol. The van der Waals surface area contributed by atoms with Gasteiger partial charge in [0.1, 0.15) is 0 Å². The van der Waals surface area contributed by atoms with Crippen LogP contribution in [-0.4, -0.2) is 38.8 Å². The Morgan fingerprint density at radius 3 is 2.65 bits per heavy atom. The van der Waals surface area contributed by atoms with E-state index in [1.54, 1.807) is 30.0 Å². The van der Waals surface area contributed by atoms with Crippen LogP contribution in [0.15, 0.2) is 28.5 Å². The second-order valence-electron chi connectivity index (χ2n) is 7.86. The summed E-state index contributed by atoms with van der Waals surface area (Å²) in [6, 6.07) is 7.04. The number of esters is 1. The van der Waals surface area contributed by atoms with Gasteiger partial charge in [-0.25, -0.2) is 13.2 Å². The van der Waals surface area contributed by atoms with Crippen molar-refractivity contribution >= 4 is 38.9 Å². The molecule has 3 rings (SSSR count). The number of hydrogen-bond acceptors (Lipinski definition) is 6. The van der Waals surface area contributed by atoms with Crippen molar-refractivity contribution in [2.24, 2.45) is 5.92 Å². The molecule has 0 unspecified atom stereocenters. The standard InChI is InChI=1S/C22H28N2O5S2/c1-5-14(2)12-19(25)24-11-10-16-18(13-24)30-22(20(16)21(26)29-4)31(27,28)23-17-9-7-6-8-15(17)3/h6-9,14,23H,5,10-13H2,1-4H3/t14-/m1/s1. The molecule has 31 heavy (non-hydrogen) atoms. The van der Waals surface area contributed by atoms with Gasteiger partial charge in [-0.15, -0.1) is 11.3 Å². The van der Waals surface area contributed by atoms with Gasteiger partial charge in [-0.1, -0.05) is 38.5 Å². The van der Waals surface area contributed by atoms with Crippen LogP contribution in [0.1, 0.15) is 53.1 Å². The fraction of sp³-hybridized carbons (Fsp3) is 0.455. The van der Waals surface area contributed by atoms with Gasteiger partial charge >= 0.3 is 5.97 Å². The largest absolute Gasteiger partial charge is 0.465 e. The Hall–Kier alpha value is -2.39. The van der Waals surface area contributed by atoms with Crippen molar-refractivity contribution in [1.82, 2.24) is 4.90 Å². The Morgan fingerprint density at radius 2 is 2.00 bits per heavy atom. The van der Waals surface area contributed by atoms with Crippen LogP contribution < -0.4 is 4.72 Å². The predicted octanol–water partition coefficient (Wildman–Crippen LogP) is 3.96. The maximum atomic E-state index is 13.2. The lowest BCUT2D eigenvalue weighted by Crippen LogP contribution is -2.36. The molecule has 0 saturated carbocycles. The molecule has 9 heteroatoms. The Labute approximate surface area is 187 Å². The molecule has 1 aliphatic rings. The quantitative estimate of drug-likeness (QED) is 0.626. The summed E-state index contributed by atoms with van der Waals surface area (Å²) in [5.74, 6) is -0.338. The zero-order valence-corrected chi connectivity index (χ0v) is 19.9. The van der Waals surface area contributed by atoms with Gasteiger partial charge in [0.25, 0.3) is 10.0 Å². The smallest absolute Gasteiger partial charge is 0.340 e. The Morgan fingerprint density at radius 1 is 1.29 bits per heavy atom. The van der Waals surface area contributed by atoms with E-state index in [1.165, 1.54) is 7.11 Å². The van der Waals surface area contributed by atoms with E-state index in [-0.39, 0.29) is 21.6 Å². The lowest BCUT2D eigenvalue weighted by molar-refractivity contribution is -0.133. The van der Waals surface area contributed by atoms with Gasteiger partial charge in [0.2, 0.25) is 5.91 Å². The molecule has 2 aromatic rings. The van der Waals surface area contributed by atoms with E-state index in [2.05, 4.69) is 4.72 Å². The number of hydrogen-bond donors (Lipinski definition) is 1. The molecule has 0 radical (unpaired) electrons. The highest BCUT2D eigenvalue weighted by molar-refractivity contribution is 7.94. The molecule has 1 N–H and O–H groups in total. The van der Waals surface area contributed by atoms with E-state index in [9.17, 15) is 18.0 Å². The zero-order valence-electron chi connectivity index (χ0n) is 18.2. The van der Waals surface area contributed by atoms with Gasteiger partial charge in [0.05, 0.1) is 24.9 Å². The number of carbonyl (C=O) groups is 2. The van der Waals surface area contributed by atoms with Crippen LogP contribution in [0.3, 0.4) is 0 Å². The molecule has 0 aliphatic carbocycles. The molecule has 0 bridgehead atoms. The minimum atomic E-state index is -4.01. The van der Waals surface area contributed by atoms with E-state index in [1.807, 2.05) is 19.9 Å². The molecule has 2 heterocycles. The van der Waals surface area contributed by atoms with Crippen molar-refractivity contribution in [3.05, 3.63) is 45.8 Å². The normalized spacial score (nSPS) is 14.6. The van der Waals surface area contributed by atoms with Crippen molar-refractivity contribution < 1.29 is 22.7 Å². The third-order valence-electron chi connectivity index (χ3n) is 5.62. The number of anilines is 1. The van der Waals surface area contributed by atoms with E-state index in [0.29, 0.717) is 42.1 Å². The first-order valence-electron chi connectivity index (χ1n) is 10.3. The lowest BCUT2D eigenvalue weighted by atomic mass is 10.0. The number of benzene rings is 1. The number of nitrogens with zero attached hydrogens (tertiary/aromatic N) is 1. The molecule has 1 amide bonds. The fourth-order valence-corrected chi connectivity index (χ4v) is 6.57. The first kappa shape index (κ1) is 23.3. The van der Waals surface area contributed by atoms with Crippen LogP contribution in [0.5, 0.6) is 0 Å². The number of sulfonamides is 1. The van der Waals surface area contributed by atoms with E-state index in [4.69, 9.17) is 4.74 Å². The summed E-state index contributed by atoms with van der Waals surface area (Å²) in [7, 11) is -2.77. The minimum Gasteiger partial charge on any atom is -0.465 e. The average molecular weight is 465 g/mol. The molecule has 168 valence electrons. The molecule has 0 spiro atoms. The Balaban J connectivity index is 1.97. The molecule has 0 fully saturated rings. The topological polar surface area (TPSA) is 92.8 Å². The number of aryl methyl sites for hydroxylation is 1. The minimum absolute atomic E-state index is 0.0514. The van der Waals surface area contributed by atoms with Gasteiger partial charge < -0.3 is 9.64 Å². The van der Waals surface area contributed by atoms with Crippen molar-refractivity contribution in [2.75, 3.05) is 18.4 Å². The molecule has 1 aliphatic heterocycles.